The van der Waals surface area contributed by atoms with Gasteiger partial charge in [-0.2, -0.15) is 0 Å². The van der Waals surface area contributed by atoms with E-state index in [0.29, 0.717) is 18.3 Å². The van der Waals surface area contributed by atoms with Crippen LogP contribution in [0.2, 0.25) is 0 Å². The van der Waals surface area contributed by atoms with Crippen LogP contribution in [-0.2, 0) is 9.53 Å². The van der Waals surface area contributed by atoms with Crippen molar-refractivity contribution in [2.24, 2.45) is 23.0 Å². The molecule has 0 bridgehead atoms. The molecule has 0 aromatic heterocycles. The van der Waals surface area contributed by atoms with Crippen molar-refractivity contribution < 1.29 is 9.53 Å². The molecule has 2 aliphatic rings. The van der Waals surface area contributed by atoms with Gasteiger partial charge in [0.2, 0.25) is 5.91 Å². The van der Waals surface area contributed by atoms with E-state index in [1.54, 1.807) is 0 Å². The number of carbonyl (C=O) groups is 1. The van der Waals surface area contributed by atoms with Crippen LogP contribution in [0.25, 0.3) is 0 Å². The normalized spacial score (nSPS) is 34.9. The van der Waals surface area contributed by atoms with Crippen molar-refractivity contribution in [3.05, 3.63) is 0 Å². The van der Waals surface area contributed by atoms with E-state index in [0.717, 1.165) is 25.9 Å². The largest absolute Gasteiger partial charge is 0.376 e. The molecule has 3 N–H and O–H groups in total. The summed E-state index contributed by atoms with van der Waals surface area (Å²) in [6, 6.07) is 0.0943. The zero-order valence-electron chi connectivity index (χ0n) is 13.3. The second kappa shape index (κ2) is 6.02. The maximum Gasteiger partial charge on any atom is 0.220 e. The van der Waals surface area contributed by atoms with Crippen LogP contribution in [-0.4, -0.2) is 30.7 Å². The molecular weight excluding hydrogens is 252 g/mol. The van der Waals surface area contributed by atoms with E-state index in [4.69, 9.17) is 10.5 Å². The van der Waals surface area contributed by atoms with Crippen LogP contribution in [0.5, 0.6) is 0 Å². The molecule has 1 amide bonds. The first-order valence-electron chi connectivity index (χ1n) is 7.94. The second-order valence-electron chi connectivity index (χ2n) is 7.89. The minimum absolute atomic E-state index is 0.0228. The molecule has 1 saturated heterocycles. The van der Waals surface area contributed by atoms with Gasteiger partial charge in [0.25, 0.3) is 0 Å². The third-order valence-electron chi connectivity index (χ3n) is 4.50. The fourth-order valence-electron chi connectivity index (χ4n) is 3.80. The van der Waals surface area contributed by atoms with Gasteiger partial charge >= 0.3 is 0 Å². The molecule has 2 rings (SSSR count). The lowest BCUT2D eigenvalue weighted by molar-refractivity contribution is -0.140. The van der Waals surface area contributed by atoms with Gasteiger partial charge in [0.1, 0.15) is 0 Å². The Labute approximate surface area is 122 Å². The number of nitrogens with one attached hydrogen (secondary N) is 1. The number of amides is 1. The summed E-state index contributed by atoms with van der Waals surface area (Å²) in [7, 11) is 0. The summed E-state index contributed by atoms with van der Waals surface area (Å²) in [6.45, 7) is 9.59. The van der Waals surface area contributed by atoms with E-state index < -0.39 is 0 Å². The molecule has 5 unspecified atom stereocenters. The molecular formula is C16H30N2O2. The van der Waals surface area contributed by atoms with Gasteiger partial charge in [0.05, 0.1) is 12.1 Å². The van der Waals surface area contributed by atoms with Crippen LogP contribution in [0.15, 0.2) is 0 Å². The molecule has 0 spiro atoms. The summed E-state index contributed by atoms with van der Waals surface area (Å²) in [4.78, 5) is 12.1. The van der Waals surface area contributed by atoms with Crippen LogP contribution < -0.4 is 11.1 Å². The van der Waals surface area contributed by atoms with Crippen molar-refractivity contribution in [2.75, 3.05) is 6.61 Å². The van der Waals surface area contributed by atoms with Crippen molar-refractivity contribution in [3.63, 3.8) is 0 Å². The average molecular weight is 282 g/mol. The number of hydrogen-bond donors (Lipinski definition) is 2. The van der Waals surface area contributed by atoms with Gasteiger partial charge in [-0.1, -0.05) is 27.7 Å². The van der Waals surface area contributed by atoms with Gasteiger partial charge in [-0.05, 0) is 30.6 Å². The van der Waals surface area contributed by atoms with Crippen LogP contribution in [0.3, 0.4) is 0 Å². The number of ether oxygens (including phenoxy) is 1. The molecule has 1 heterocycles. The Morgan fingerprint density at radius 1 is 1.45 bits per heavy atom. The Morgan fingerprint density at radius 2 is 2.15 bits per heavy atom. The Morgan fingerprint density at radius 3 is 2.80 bits per heavy atom. The third-order valence-corrected chi connectivity index (χ3v) is 4.50. The Balaban J connectivity index is 1.77. The molecule has 1 aliphatic heterocycles. The van der Waals surface area contributed by atoms with Gasteiger partial charge in [-0.3, -0.25) is 4.79 Å². The molecule has 0 aromatic carbocycles. The topological polar surface area (TPSA) is 64.4 Å². The molecule has 0 radical (unpaired) electrons. The van der Waals surface area contributed by atoms with Crippen molar-refractivity contribution in [3.8, 4) is 0 Å². The predicted octanol–water partition coefficient (Wildman–Crippen LogP) is 2.07. The van der Waals surface area contributed by atoms with Gasteiger partial charge < -0.3 is 15.8 Å². The molecule has 4 heteroatoms. The maximum absolute atomic E-state index is 12.1. The molecule has 116 valence electrons. The van der Waals surface area contributed by atoms with Gasteiger partial charge in [-0.25, -0.2) is 0 Å². The maximum atomic E-state index is 12.1. The quantitative estimate of drug-likeness (QED) is 0.829. The fraction of sp³-hybridized carbons (Fsp3) is 0.938. The molecule has 2 fully saturated rings. The van der Waals surface area contributed by atoms with E-state index in [9.17, 15) is 4.79 Å². The monoisotopic (exact) mass is 282 g/mol. The van der Waals surface area contributed by atoms with Crippen molar-refractivity contribution >= 4 is 5.91 Å². The van der Waals surface area contributed by atoms with Gasteiger partial charge in [0, 0.05) is 25.0 Å². The van der Waals surface area contributed by atoms with E-state index in [1.807, 2.05) is 0 Å². The summed E-state index contributed by atoms with van der Waals surface area (Å²) in [6.07, 6.45) is 4.02. The van der Waals surface area contributed by atoms with Crippen LogP contribution in [0, 0.1) is 17.3 Å². The summed E-state index contributed by atoms with van der Waals surface area (Å²) in [5.74, 6) is 0.963. The summed E-state index contributed by atoms with van der Waals surface area (Å²) < 4.78 is 5.75. The highest BCUT2D eigenvalue weighted by Crippen LogP contribution is 2.37. The zero-order valence-corrected chi connectivity index (χ0v) is 13.3. The number of carbonyl (C=O) groups excluding carboxylic acids is 1. The molecule has 5 atom stereocenters. The Hall–Kier alpha value is -0.610. The van der Waals surface area contributed by atoms with E-state index in [-0.39, 0.29) is 29.5 Å². The minimum Gasteiger partial charge on any atom is -0.376 e. The number of rotatable bonds is 4. The molecule has 4 nitrogen and oxygen atoms in total. The van der Waals surface area contributed by atoms with Gasteiger partial charge in [0.15, 0.2) is 0 Å². The van der Waals surface area contributed by atoms with Crippen molar-refractivity contribution in [2.45, 2.75) is 71.6 Å². The predicted molar refractivity (Wildman–Crippen MR) is 80.2 cm³/mol. The highest BCUT2D eigenvalue weighted by molar-refractivity contribution is 5.76. The molecule has 1 saturated carbocycles. The first-order chi connectivity index (χ1) is 9.28. The molecule has 20 heavy (non-hydrogen) atoms. The van der Waals surface area contributed by atoms with Crippen LogP contribution in [0.4, 0.5) is 0 Å². The lowest BCUT2D eigenvalue weighted by Gasteiger charge is -2.52. The lowest BCUT2D eigenvalue weighted by Crippen LogP contribution is -2.72. The van der Waals surface area contributed by atoms with E-state index >= 15 is 0 Å². The first-order valence-corrected chi connectivity index (χ1v) is 7.94. The lowest BCUT2D eigenvalue weighted by atomic mass is 9.68. The standard InChI is InChI=1S/C16H30N2O2/c1-10(9-16(2,3)4)8-12(19)18-14-13(17)11-6-5-7-20-15(11)14/h10-11,13-15H,5-9,17H2,1-4H3,(H,18,19). The van der Waals surface area contributed by atoms with Gasteiger partial charge in [-0.15, -0.1) is 0 Å². The Bertz CT molecular complexity index is 351. The van der Waals surface area contributed by atoms with E-state index in [2.05, 4.69) is 33.0 Å². The third kappa shape index (κ3) is 3.73. The van der Waals surface area contributed by atoms with Crippen molar-refractivity contribution in [1.29, 1.82) is 0 Å². The average Bonchev–Trinajstić information content (AvgIpc) is 2.33. The smallest absolute Gasteiger partial charge is 0.220 e. The number of fused-ring (bicyclic) bond motifs is 1. The minimum atomic E-state index is 0.0228. The van der Waals surface area contributed by atoms with Crippen molar-refractivity contribution in [1.82, 2.24) is 5.32 Å². The summed E-state index contributed by atoms with van der Waals surface area (Å²) >= 11 is 0. The second-order valence-corrected chi connectivity index (χ2v) is 7.89. The highest BCUT2D eigenvalue weighted by atomic mass is 16.5. The first kappa shape index (κ1) is 15.8. The fourth-order valence-corrected chi connectivity index (χ4v) is 3.80. The summed E-state index contributed by atoms with van der Waals surface area (Å²) in [5, 5.41) is 3.09. The summed E-state index contributed by atoms with van der Waals surface area (Å²) in [5.41, 5.74) is 6.43. The molecule has 1 aliphatic carbocycles. The SMILES string of the molecule is CC(CC(=O)NC1C(N)C2CCCOC21)CC(C)(C)C. The van der Waals surface area contributed by atoms with Crippen LogP contribution >= 0.6 is 0 Å². The zero-order chi connectivity index (χ0) is 14.9. The Kier molecular flexibility index (Phi) is 4.75. The molecule has 0 aromatic rings. The van der Waals surface area contributed by atoms with Crippen LogP contribution in [0.1, 0.15) is 53.4 Å². The number of nitrogens with two attached hydrogens (primary N) is 1. The number of hydrogen-bond acceptors (Lipinski definition) is 3. The highest BCUT2D eigenvalue weighted by Gasteiger charge is 2.51. The van der Waals surface area contributed by atoms with E-state index in [1.165, 1.54) is 0 Å².